The summed E-state index contributed by atoms with van der Waals surface area (Å²) < 4.78 is 16.1. The summed E-state index contributed by atoms with van der Waals surface area (Å²) in [6, 6.07) is 11.4. The number of aliphatic imine (C=N–C) groups is 1. The van der Waals surface area contributed by atoms with Gasteiger partial charge in [0.25, 0.3) is 0 Å². The first-order chi connectivity index (χ1) is 12.0. The smallest absolute Gasteiger partial charge is 0.203 e. The Morgan fingerprint density at radius 2 is 1.52 bits per heavy atom. The van der Waals surface area contributed by atoms with Crippen molar-refractivity contribution in [2.75, 3.05) is 40.3 Å². The van der Waals surface area contributed by atoms with Crippen LogP contribution in [0.4, 0.5) is 11.4 Å². The second-order valence-corrected chi connectivity index (χ2v) is 5.43. The van der Waals surface area contributed by atoms with Crippen LogP contribution in [0.15, 0.2) is 41.4 Å². The molecular formula is C18H24N4O3. The topological polar surface area (TPSA) is 81.3 Å². The SMILES string of the molecule is COc1cc(C(=Nc2ccc(N(C)C)cc2)NN)cc(OC)c1OC. The van der Waals surface area contributed by atoms with Gasteiger partial charge in [-0.2, -0.15) is 0 Å². The van der Waals surface area contributed by atoms with Gasteiger partial charge in [-0.15, -0.1) is 0 Å². The first kappa shape index (κ1) is 18.4. The molecule has 0 unspecified atom stereocenters. The number of methoxy groups -OCH3 is 3. The van der Waals surface area contributed by atoms with Crippen molar-refractivity contribution in [2.45, 2.75) is 0 Å². The first-order valence-electron chi connectivity index (χ1n) is 7.67. The second-order valence-electron chi connectivity index (χ2n) is 5.43. The lowest BCUT2D eigenvalue weighted by Crippen LogP contribution is -2.31. The van der Waals surface area contributed by atoms with E-state index in [9.17, 15) is 0 Å². The van der Waals surface area contributed by atoms with E-state index in [1.807, 2.05) is 43.3 Å². The molecule has 0 spiro atoms. The lowest BCUT2D eigenvalue weighted by Gasteiger charge is -2.15. The summed E-state index contributed by atoms with van der Waals surface area (Å²) in [5.74, 6) is 7.74. The highest BCUT2D eigenvalue weighted by Crippen LogP contribution is 2.38. The molecule has 0 amide bonds. The maximum Gasteiger partial charge on any atom is 0.203 e. The molecule has 0 radical (unpaired) electrons. The van der Waals surface area contributed by atoms with Crippen molar-refractivity contribution in [3.05, 3.63) is 42.0 Å². The van der Waals surface area contributed by atoms with Gasteiger partial charge in [0.1, 0.15) is 5.84 Å². The average molecular weight is 344 g/mol. The van der Waals surface area contributed by atoms with Gasteiger partial charge in [-0.05, 0) is 36.4 Å². The monoisotopic (exact) mass is 344 g/mol. The largest absolute Gasteiger partial charge is 0.493 e. The highest BCUT2D eigenvalue weighted by molar-refractivity contribution is 6.01. The highest BCUT2D eigenvalue weighted by atomic mass is 16.5. The third-order valence-electron chi connectivity index (χ3n) is 3.68. The van der Waals surface area contributed by atoms with E-state index in [0.29, 0.717) is 28.6 Å². The predicted octanol–water partition coefficient (Wildman–Crippen LogP) is 2.32. The van der Waals surface area contributed by atoms with Crippen molar-refractivity contribution < 1.29 is 14.2 Å². The molecule has 7 heteroatoms. The zero-order valence-corrected chi connectivity index (χ0v) is 15.2. The Bertz CT molecular complexity index is 717. The van der Waals surface area contributed by atoms with Gasteiger partial charge in [-0.1, -0.05) is 0 Å². The van der Waals surface area contributed by atoms with E-state index in [4.69, 9.17) is 20.1 Å². The zero-order chi connectivity index (χ0) is 18.4. The van der Waals surface area contributed by atoms with Crippen LogP contribution in [0.2, 0.25) is 0 Å². The second kappa shape index (κ2) is 8.25. The van der Waals surface area contributed by atoms with Crippen molar-refractivity contribution in [3.8, 4) is 17.2 Å². The van der Waals surface area contributed by atoms with Gasteiger partial charge in [0.05, 0.1) is 27.0 Å². The predicted molar refractivity (Wildman–Crippen MR) is 100 cm³/mol. The number of hydrogen-bond donors (Lipinski definition) is 2. The van der Waals surface area contributed by atoms with Crippen LogP contribution < -0.4 is 30.4 Å². The lowest BCUT2D eigenvalue weighted by atomic mass is 10.1. The molecule has 3 N–H and O–H groups in total. The molecule has 2 rings (SSSR count). The maximum atomic E-state index is 5.68. The Kier molecular flexibility index (Phi) is 6.08. The molecule has 25 heavy (non-hydrogen) atoms. The van der Waals surface area contributed by atoms with Crippen LogP contribution in [0.1, 0.15) is 5.56 Å². The Morgan fingerprint density at radius 1 is 0.960 bits per heavy atom. The van der Waals surface area contributed by atoms with E-state index < -0.39 is 0 Å². The minimum Gasteiger partial charge on any atom is -0.493 e. The van der Waals surface area contributed by atoms with E-state index in [-0.39, 0.29) is 0 Å². The standard InChI is InChI=1S/C18H24N4O3/c1-22(2)14-8-6-13(7-9-14)20-18(21-19)12-10-15(23-3)17(25-5)16(11-12)24-4/h6-11H,19H2,1-5H3,(H,20,21). The van der Waals surface area contributed by atoms with Gasteiger partial charge in [-0.25, -0.2) is 10.8 Å². The molecule has 0 aliphatic heterocycles. The van der Waals surface area contributed by atoms with Gasteiger partial charge in [0.2, 0.25) is 5.75 Å². The minimum atomic E-state index is 0.483. The molecule has 0 saturated heterocycles. The normalized spacial score (nSPS) is 11.0. The van der Waals surface area contributed by atoms with E-state index in [0.717, 1.165) is 11.4 Å². The molecule has 7 nitrogen and oxygen atoms in total. The van der Waals surface area contributed by atoms with Gasteiger partial charge < -0.3 is 24.5 Å². The van der Waals surface area contributed by atoms with Crippen LogP contribution in [0.5, 0.6) is 17.2 Å². The van der Waals surface area contributed by atoms with Crippen molar-refractivity contribution in [1.82, 2.24) is 5.43 Å². The fourth-order valence-electron chi connectivity index (χ4n) is 2.35. The van der Waals surface area contributed by atoms with Crippen molar-refractivity contribution in [3.63, 3.8) is 0 Å². The number of nitrogens with zero attached hydrogens (tertiary/aromatic N) is 2. The van der Waals surface area contributed by atoms with Gasteiger partial charge in [-0.3, -0.25) is 0 Å². The summed E-state index contributed by atoms with van der Waals surface area (Å²) >= 11 is 0. The number of ether oxygens (including phenoxy) is 3. The minimum absolute atomic E-state index is 0.483. The Hall–Kier alpha value is -2.93. The van der Waals surface area contributed by atoms with E-state index >= 15 is 0 Å². The number of amidine groups is 1. The molecule has 0 saturated carbocycles. The Morgan fingerprint density at radius 3 is 1.92 bits per heavy atom. The fourth-order valence-corrected chi connectivity index (χ4v) is 2.35. The first-order valence-corrected chi connectivity index (χ1v) is 7.67. The van der Waals surface area contributed by atoms with Crippen LogP contribution in [-0.4, -0.2) is 41.3 Å². The summed E-state index contributed by atoms with van der Waals surface area (Å²) in [5, 5.41) is 0. The number of rotatable bonds is 6. The van der Waals surface area contributed by atoms with Crippen molar-refractivity contribution >= 4 is 17.2 Å². The Labute approximate surface area is 148 Å². The number of hydrazine groups is 1. The summed E-state index contributed by atoms with van der Waals surface area (Å²) in [6.07, 6.45) is 0. The molecule has 0 aliphatic rings. The molecule has 0 fully saturated rings. The molecule has 0 bridgehead atoms. The molecule has 134 valence electrons. The molecular weight excluding hydrogens is 320 g/mol. The summed E-state index contributed by atoms with van der Waals surface area (Å²) in [6.45, 7) is 0. The fraction of sp³-hybridized carbons (Fsp3) is 0.278. The number of benzene rings is 2. The average Bonchev–Trinajstić information content (AvgIpc) is 2.65. The van der Waals surface area contributed by atoms with Gasteiger partial charge in [0, 0.05) is 25.3 Å². The van der Waals surface area contributed by atoms with E-state index in [1.165, 1.54) is 0 Å². The van der Waals surface area contributed by atoms with Crippen molar-refractivity contribution in [2.24, 2.45) is 10.8 Å². The molecule has 2 aromatic rings. The number of nitrogens with two attached hydrogens (primary N) is 1. The van der Waals surface area contributed by atoms with Crippen LogP contribution in [0.25, 0.3) is 0 Å². The zero-order valence-electron chi connectivity index (χ0n) is 15.2. The van der Waals surface area contributed by atoms with Crippen molar-refractivity contribution in [1.29, 1.82) is 0 Å². The summed E-state index contributed by atoms with van der Waals surface area (Å²) in [5.41, 5.74) is 5.21. The molecule has 0 aliphatic carbocycles. The number of hydrogen-bond acceptors (Lipinski definition) is 6. The molecule has 0 heterocycles. The highest BCUT2D eigenvalue weighted by Gasteiger charge is 2.15. The van der Waals surface area contributed by atoms with E-state index in [2.05, 4.69) is 10.4 Å². The third-order valence-corrected chi connectivity index (χ3v) is 3.68. The molecule has 2 aromatic carbocycles. The maximum absolute atomic E-state index is 5.68. The van der Waals surface area contributed by atoms with Gasteiger partial charge >= 0.3 is 0 Å². The Balaban J connectivity index is 2.46. The van der Waals surface area contributed by atoms with E-state index in [1.54, 1.807) is 33.5 Å². The third kappa shape index (κ3) is 4.13. The molecule has 0 aromatic heterocycles. The van der Waals surface area contributed by atoms with Crippen LogP contribution in [0.3, 0.4) is 0 Å². The summed E-state index contributed by atoms with van der Waals surface area (Å²) in [7, 11) is 8.66. The lowest BCUT2D eigenvalue weighted by molar-refractivity contribution is 0.324. The van der Waals surface area contributed by atoms with Crippen LogP contribution >= 0.6 is 0 Å². The quantitative estimate of drug-likeness (QED) is 0.362. The number of anilines is 1. The molecule has 0 atom stereocenters. The number of nitrogens with one attached hydrogen (secondary N) is 1. The van der Waals surface area contributed by atoms with Crippen LogP contribution in [0, 0.1) is 0 Å². The van der Waals surface area contributed by atoms with Gasteiger partial charge in [0.15, 0.2) is 11.5 Å². The summed E-state index contributed by atoms with van der Waals surface area (Å²) in [4.78, 5) is 6.59. The van der Waals surface area contributed by atoms with Crippen LogP contribution in [-0.2, 0) is 0 Å².